The Labute approximate surface area is 162 Å². The highest BCUT2D eigenvalue weighted by atomic mass is 16.3. The molecule has 2 heterocycles. The predicted octanol–water partition coefficient (Wildman–Crippen LogP) is 0.726. The number of nitrogens with zero attached hydrogens (tertiary/aromatic N) is 3. The van der Waals surface area contributed by atoms with E-state index in [1.807, 2.05) is 6.92 Å². The number of aliphatic hydroxyl groups excluding tert-OH is 2. The van der Waals surface area contributed by atoms with Crippen LogP contribution < -0.4 is 11.2 Å². The summed E-state index contributed by atoms with van der Waals surface area (Å²) in [5.74, 6) is 1.93. The smallest absolute Gasteiger partial charge is 0.332 e. The average molecular weight is 388 g/mol. The van der Waals surface area contributed by atoms with Gasteiger partial charge in [-0.15, -0.1) is 0 Å². The Kier molecular flexibility index (Phi) is 3.90. The normalized spacial score (nSPS) is 34.6. The van der Waals surface area contributed by atoms with E-state index in [0.29, 0.717) is 41.9 Å². The van der Waals surface area contributed by atoms with Gasteiger partial charge in [0.05, 0.1) is 18.8 Å². The van der Waals surface area contributed by atoms with Crippen LogP contribution in [0.2, 0.25) is 0 Å². The van der Waals surface area contributed by atoms with Crippen LogP contribution in [0, 0.1) is 17.8 Å². The van der Waals surface area contributed by atoms with Gasteiger partial charge >= 0.3 is 5.69 Å². The van der Waals surface area contributed by atoms with Crippen LogP contribution in [0.15, 0.2) is 9.59 Å². The summed E-state index contributed by atoms with van der Waals surface area (Å²) in [4.78, 5) is 33.9. The Hall–Kier alpha value is -1.93. The summed E-state index contributed by atoms with van der Waals surface area (Å²) in [5.41, 5.74) is -0.196. The summed E-state index contributed by atoms with van der Waals surface area (Å²) in [7, 11) is 0. The van der Waals surface area contributed by atoms with Gasteiger partial charge in [0.25, 0.3) is 5.56 Å². The van der Waals surface area contributed by atoms with Gasteiger partial charge in [-0.1, -0.05) is 6.92 Å². The topological polar surface area (TPSA) is 113 Å². The molecule has 0 saturated heterocycles. The molecule has 0 aromatic carbocycles. The fourth-order valence-corrected chi connectivity index (χ4v) is 6.32. The molecule has 0 aliphatic heterocycles. The summed E-state index contributed by atoms with van der Waals surface area (Å²) in [5, 5.41) is 20.4. The monoisotopic (exact) mass is 388 g/mol. The number of aromatic nitrogens is 4. The molecular formula is C20H28N4O4. The third kappa shape index (κ3) is 2.33. The van der Waals surface area contributed by atoms with Crippen LogP contribution in [0.5, 0.6) is 0 Å². The van der Waals surface area contributed by atoms with E-state index in [4.69, 9.17) is 4.98 Å². The molecule has 2 aromatic rings. The molecule has 4 aliphatic carbocycles. The molecule has 2 aromatic heterocycles. The molecule has 0 radical (unpaired) electrons. The number of aliphatic hydroxyl groups is 2. The Balaban J connectivity index is 1.68. The SMILES string of the molecule is CCCn1c(=O)c2[nH]c(C34CC5CC(C3)C(C4)C5O)nc2n(CC(C)O)c1=O. The molecule has 4 saturated carbocycles. The van der Waals surface area contributed by atoms with Crippen LogP contribution in [0.25, 0.3) is 11.2 Å². The molecule has 6 unspecified atom stereocenters. The quantitative estimate of drug-likeness (QED) is 0.699. The van der Waals surface area contributed by atoms with Crippen molar-refractivity contribution < 1.29 is 10.2 Å². The number of hydrogen-bond acceptors (Lipinski definition) is 5. The molecule has 6 atom stereocenters. The van der Waals surface area contributed by atoms with E-state index in [2.05, 4.69) is 4.98 Å². The zero-order valence-corrected chi connectivity index (χ0v) is 16.4. The Morgan fingerprint density at radius 1 is 1.25 bits per heavy atom. The van der Waals surface area contributed by atoms with E-state index in [9.17, 15) is 19.8 Å². The van der Waals surface area contributed by atoms with Crippen molar-refractivity contribution in [1.82, 2.24) is 19.1 Å². The second kappa shape index (κ2) is 6.03. The van der Waals surface area contributed by atoms with Crippen molar-refractivity contribution in [3.63, 3.8) is 0 Å². The lowest BCUT2D eigenvalue weighted by Crippen LogP contribution is -2.41. The van der Waals surface area contributed by atoms with Gasteiger partial charge in [-0.05, 0) is 56.8 Å². The minimum Gasteiger partial charge on any atom is -0.393 e. The largest absolute Gasteiger partial charge is 0.393 e. The molecule has 8 nitrogen and oxygen atoms in total. The lowest BCUT2D eigenvalue weighted by atomic mass is 9.68. The van der Waals surface area contributed by atoms with Gasteiger partial charge in [0.15, 0.2) is 5.65 Å². The van der Waals surface area contributed by atoms with Crippen LogP contribution in [0.4, 0.5) is 0 Å². The van der Waals surface area contributed by atoms with Crippen molar-refractivity contribution >= 4 is 11.2 Å². The van der Waals surface area contributed by atoms with E-state index in [-0.39, 0.29) is 23.6 Å². The van der Waals surface area contributed by atoms with Gasteiger partial charge in [-0.2, -0.15) is 0 Å². The fraction of sp³-hybridized carbons (Fsp3) is 0.750. The average Bonchev–Trinajstić information content (AvgIpc) is 3.27. The first-order valence-corrected chi connectivity index (χ1v) is 10.4. The van der Waals surface area contributed by atoms with Crippen LogP contribution in [0.1, 0.15) is 51.8 Å². The van der Waals surface area contributed by atoms with E-state index < -0.39 is 11.8 Å². The van der Waals surface area contributed by atoms with Gasteiger partial charge in [0.2, 0.25) is 0 Å². The zero-order valence-electron chi connectivity index (χ0n) is 16.4. The third-order valence-electron chi connectivity index (χ3n) is 7.32. The maximum Gasteiger partial charge on any atom is 0.332 e. The lowest BCUT2D eigenvalue weighted by Gasteiger charge is -2.38. The first-order valence-electron chi connectivity index (χ1n) is 10.4. The van der Waals surface area contributed by atoms with Crippen molar-refractivity contribution in [2.75, 3.05) is 0 Å². The van der Waals surface area contributed by atoms with E-state index >= 15 is 0 Å². The van der Waals surface area contributed by atoms with Crippen molar-refractivity contribution in [2.45, 2.75) is 76.7 Å². The molecule has 0 spiro atoms. The van der Waals surface area contributed by atoms with E-state index in [1.54, 1.807) is 6.92 Å². The third-order valence-corrected chi connectivity index (χ3v) is 7.32. The molecule has 152 valence electrons. The minimum absolute atomic E-state index is 0.100. The Bertz CT molecular complexity index is 1050. The molecule has 8 heteroatoms. The van der Waals surface area contributed by atoms with Crippen LogP contribution >= 0.6 is 0 Å². The van der Waals surface area contributed by atoms with Crippen molar-refractivity contribution in [3.05, 3.63) is 26.7 Å². The Morgan fingerprint density at radius 2 is 2.00 bits per heavy atom. The Morgan fingerprint density at radius 3 is 2.64 bits per heavy atom. The number of H-pyrrole nitrogens is 1. The summed E-state index contributed by atoms with van der Waals surface area (Å²) < 4.78 is 2.67. The summed E-state index contributed by atoms with van der Waals surface area (Å²) in [6, 6.07) is 0. The van der Waals surface area contributed by atoms with Gasteiger partial charge in [0, 0.05) is 12.0 Å². The number of hydrogen-bond donors (Lipinski definition) is 3. The van der Waals surface area contributed by atoms with Gasteiger partial charge in [-0.3, -0.25) is 13.9 Å². The molecule has 4 aliphatic rings. The predicted molar refractivity (Wildman–Crippen MR) is 103 cm³/mol. The number of fused-ring (bicyclic) bond motifs is 1. The van der Waals surface area contributed by atoms with Crippen LogP contribution in [-0.2, 0) is 18.5 Å². The first kappa shape index (κ1) is 18.1. The zero-order chi connectivity index (χ0) is 19.8. The van der Waals surface area contributed by atoms with Crippen LogP contribution in [-0.4, -0.2) is 41.5 Å². The van der Waals surface area contributed by atoms with Crippen molar-refractivity contribution in [1.29, 1.82) is 0 Å². The molecular weight excluding hydrogens is 360 g/mol. The number of imidazole rings is 1. The first-order chi connectivity index (χ1) is 13.3. The van der Waals surface area contributed by atoms with Crippen LogP contribution in [0.3, 0.4) is 0 Å². The standard InChI is InChI=1S/C20H28N4O4/c1-3-4-23-17(27)14-16(24(19(23)28)9-10(2)25)22-18(21-14)20-6-11-5-12(7-20)15(26)13(11)8-20/h10-13,15,25-26H,3-9H2,1-2H3,(H,21,22). The molecule has 4 fully saturated rings. The second-order valence-electron chi connectivity index (χ2n) is 9.29. The molecule has 4 bridgehead atoms. The molecule has 3 N–H and O–H groups in total. The van der Waals surface area contributed by atoms with Crippen molar-refractivity contribution in [3.8, 4) is 0 Å². The number of nitrogens with one attached hydrogen (secondary N) is 1. The fourth-order valence-electron chi connectivity index (χ4n) is 6.32. The lowest BCUT2D eigenvalue weighted by molar-refractivity contribution is 0.0410. The summed E-state index contributed by atoms with van der Waals surface area (Å²) in [6.07, 6.45) is 3.58. The van der Waals surface area contributed by atoms with E-state index in [0.717, 1.165) is 31.5 Å². The highest BCUT2D eigenvalue weighted by molar-refractivity contribution is 5.70. The van der Waals surface area contributed by atoms with E-state index in [1.165, 1.54) is 9.13 Å². The molecule has 0 amide bonds. The van der Waals surface area contributed by atoms with Gasteiger partial charge in [0.1, 0.15) is 11.3 Å². The van der Waals surface area contributed by atoms with Gasteiger partial charge < -0.3 is 15.2 Å². The maximum absolute atomic E-state index is 13.0. The summed E-state index contributed by atoms with van der Waals surface area (Å²) in [6.45, 7) is 3.98. The minimum atomic E-state index is -0.722. The second-order valence-corrected chi connectivity index (χ2v) is 9.29. The molecule has 28 heavy (non-hydrogen) atoms. The van der Waals surface area contributed by atoms with Gasteiger partial charge in [-0.25, -0.2) is 9.78 Å². The maximum atomic E-state index is 13.0. The van der Waals surface area contributed by atoms with Crippen molar-refractivity contribution in [2.24, 2.45) is 17.8 Å². The number of aromatic amines is 1. The highest BCUT2D eigenvalue weighted by Gasteiger charge is 2.61. The number of rotatable bonds is 5. The summed E-state index contributed by atoms with van der Waals surface area (Å²) >= 11 is 0. The highest BCUT2D eigenvalue weighted by Crippen LogP contribution is 2.64. The molecule has 6 rings (SSSR count).